The first-order chi connectivity index (χ1) is 15.4. The van der Waals surface area contributed by atoms with E-state index in [1.165, 1.54) is 33.5 Å². The summed E-state index contributed by atoms with van der Waals surface area (Å²) in [6.07, 6.45) is 0.587. The fraction of sp³-hybridized carbons (Fsp3) is 0.333. The van der Waals surface area contributed by atoms with Crippen molar-refractivity contribution >= 4 is 23.3 Å². The Hall–Kier alpha value is -3.06. The Morgan fingerprint density at radius 1 is 1.00 bits per heavy atom. The number of hydrogen-bond donors (Lipinski definition) is 1. The number of allylic oxidation sites excluding steroid dienone is 2. The van der Waals surface area contributed by atoms with Crippen LogP contribution in [0.3, 0.4) is 0 Å². The van der Waals surface area contributed by atoms with Gasteiger partial charge in [0.15, 0.2) is 17.3 Å². The van der Waals surface area contributed by atoms with Crippen LogP contribution in [0.5, 0.6) is 17.2 Å². The van der Waals surface area contributed by atoms with Gasteiger partial charge in [0.05, 0.1) is 21.3 Å². The molecule has 2 aromatic carbocycles. The average Bonchev–Trinajstić information content (AvgIpc) is 2.77. The fourth-order valence-corrected chi connectivity index (χ4v) is 4.92. The van der Waals surface area contributed by atoms with Crippen LogP contribution in [0.2, 0.25) is 5.02 Å². The Bertz CT molecular complexity index is 1080. The van der Waals surface area contributed by atoms with E-state index in [0.717, 1.165) is 5.56 Å². The molecule has 6 nitrogen and oxygen atoms in total. The molecule has 0 bridgehead atoms. The Labute approximate surface area is 190 Å². The molecule has 2 aliphatic rings. The quantitative estimate of drug-likeness (QED) is 0.712. The third-order valence-electron chi connectivity index (χ3n) is 6.04. The van der Waals surface area contributed by atoms with Crippen LogP contribution in [0.1, 0.15) is 42.2 Å². The molecule has 0 saturated carbocycles. The number of carbonyl (C=O) groups is 2. The fourth-order valence-electron chi connectivity index (χ4n) is 4.62. The number of Topliss-reactive ketones (excluding diaryl/α,β-unsaturated/α-hetero) is 1. The summed E-state index contributed by atoms with van der Waals surface area (Å²) < 4.78 is 30.9. The van der Waals surface area contributed by atoms with Gasteiger partial charge in [0.1, 0.15) is 5.82 Å². The third kappa shape index (κ3) is 3.81. The second-order valence-corrected chi connectivity index (χ2v) is 8.23. The molecule has 0 fully saturated rings. The molecule has 0 spiro atoms. The lowest BCUT2D eigenvalue weighted by molar-refractivity contribution is -0.122. The number of methoxy groups -OCH3 is 3. The molecule has 0 aromatic heterocycles. The van der Waals surface area contributed by atoms with Crippen molar-refractivity contribution in [2.45, 2.75) is 31.1 Å². The first-order valence-corrected chi connectivity index (χ1v) is 10.6. The number of benzene rings is 2. The predicted molar refractivity (Wildman–Crippen MR) is 117 cm³/mol. The van der Waals surface area contributed by atoms with Gasteiger partial charge in [-0.25, -0.2) is 4.39 Å². The highest BCUT2D eigenvalue weighted by molar-refractivity contribution is 6.31. The van der Waals surface area contributed by atoms with Crippen molar-refractivity contribution in [3.8, 4) is 17.2 Å². The van der Waals surface area contributed by atoms with E-state index >= 15 is 0 Å². The number of amides is 1. The maximum Gasteiger partial charge on any atom is 0.225 e. The molecule has 4 rings (SSSR count). The molecule has 1 aliphatic heterocycles. The number of rotatable bonds is 5. The van der Waals surface area contributed by atoms with E-state index in [-0.39, 0.29) is 41.0 Å². The lowest BCUT2D eigenvalue weighted by Crippen LogP contribution is -2.38. The van der Waals surface area contributed by atoms with E-state index in [4.69, 9.17) is 25.8 Å². The van der Waals surface area contributed by atoms with Gasteiger partial charge in [-0.2, -0.15) is 0 Å². The summed E-state index contributed by atoms with van der Waals surface area (Å²) in [5, 5.41) is 3.04. The Morgan fingerprint density at radius 3 is 2.28 bits per heavy atom. The topological polar surface area (TPSA) is 73.9 Å². The molecule has 8 heteroatoms. The molecule has 1 amide bonds. The van der Waals surface area contributed by atoms with Gasteiger partial charge in [0, 0.05) is 40.6 Å². The molecule has 1 aliphatic carbocycles. The van der Waals surface area contributed by atoms with Crippen LogP contribution in [0.15, 0.2) is 41.6 Å². The number of hydrogen-bond acceptors (Lipinski definition) is 5. The second-order valence-electron chi connectivity index (χ2n) is 7.82. The van der Waals surface area contributed by atoms with Crippen molar-refractivity contribution in [3.05, 3.63) is 63.6 Å². The van der Waals surface area contributed by atoms with E-state index in [0.29, 0.717) is 34.9 Å². The van der Waals surface area contributed by atoms with E-state index in [2.05, 4.69) is 5.32 Å². The largest absolute Gasteiger partial charge is 0.493 e. The minimum atomic E-state index is -0.708. The van der Waals surface area contributed by atoms with Gasteiger partial charge in [-0.15, -0.1) is 0 Å². The van der Waals surface area contributed by atoms with E-state index in [1.807, 2.05) is 0 Å². The van der Waals surface area contributed by atoms with Gasteiger partial charge in [-0.1, -0.05) is 17.7 Å². The van der Waals surface area contributed by atoms with Gasteiger partial charge < -0.3 is 19.5 Å². The maximum atomic E-state index is 14.6. The summed E-state index contributed by atoms with van der Waals surface area (Å²) in [4.78, 5) is 25.8. The molecule has 168 valence electrons. The zero-order valence-electron chi connectivity index (χ0n) is 18.0. The predicted octanol–water partition coefficient (Wildman–Crippen LogP) is 4.51. The monoisotopic (exact) mass is 459 g/mol. The lowest BCUT2D eigenvalue weighted by Gasteiger charge is -2.35. The zero-order chi connectivity index (χ0) is 23.0. The minimum absolute atomic E-state index is 0.0277. The van der Waals surface area contributed by atoms with Crippen LogP contribution in [-0.4, -0.2) is 33.0 Å². The molecule has 32 heavy (non-hydrogen) atoms. The number of carbonyl (C=O) groups excluding carboxylic acids is 2. The van der Waals surface area contributed by atoms with E-state index in [9.17, 15) is 14.0 Å². The summed E-state index contributed by atoms with van der Waals surface area (Å²) in [5.74, 6) is -0.438. The highest BCUT2D eigenvalue weighted by atomic mass is 35.5. The first-order valence-electron chi connectivity index (χ1n) is 10.2. The van der Waals surface area contributed by atoms with Crippen molar-refractivity contribution in [2.24, 2.45) is 0 Å². The van der Waals surface area contributed by atoms with Crippen LogP contribution in [0, 0.1) is 5.82 Å². The van der Waals surface area contributed by atoms with Crippen LogP contribution in [0.4, 0.5) is 4.39 Å². The molecule has 0 saturated heterocycles. The van der Waals surface area contributed by atoms with Crippen LogP contribution in [0.25, 0.3) is 0 Å². The zero-order valence-corrected chi connectivity index (χ0v) is 18.7. The summed E-state index contributed by atoms with van der Waals surface area (Å²) in [6, 6.07) is 7.97. The van der Waals surface area contributed by atoms with Crippen molar-refractivity contribution in [1.29, 1.82) is 0 Å². The molecule has 2 aromatic rings. The standard InChI is InChI=1S/C24H23ClFNO5/c1-30-19-9-13(10-20(31-2)24(19)32-3)12-7-17-23(18(28)8-12)14(11-21(29)27-17)22-15(25)5-4-6-16(22)26/h4-6,9-10,12,14H,7-8,11H2,1-3H3,(H,27,29). The number of ketones is 1. The first kappa shape index (κ1) is 22.1. The third-order valence-corrected chi connectivity index (χ3v) is 6.37. The Morgan fingerprint density at radius 2 is 1.69 bits per heavy atom. The maximum absolute atomic E-state index is 14.6. The molecular formula is C24H23ClFNO5. The minimum Gasteiger partial charge on any atom is -0.493 e. The number of halogens is 2. The second kappa shape index (κ2) is 8.82. The number of ether oxygens (including phenoxy) is 3. The molecule has 2 unspecified atom stereocenters. The number of nitrogens with one attached hydrogen (secondary N) is 1. The van der Waals surface area contributed by atoms with E-state index in [1.54, 1.807) is 18.2 Å². The van der Waals surface area contributed by atoms with Crippen LogP contribution >= 0.6 is 11.6 Å². The lowest BCUT2D eigenvalue weighted by atomic mass is 9.73. The molecule has 1 heterocycles. The highest BCUT2D eigenvalue weighted by Crippen LogP contribution is 2.47. The summed E-state index contributed by atoms with van der Waals surface area (Å²) in [5.41, 5.74) is 1.96. The van der Waals surface area contributed by atoms with Crippen molar-refractivity contribution < 1.29 is 28.2 Å². The molecule has 1 N–H and O–H groups in total. The molecule has 2 atom stereocenters. The Balaban J connectivity index is 1.76. The molecule has 0 radical (unpaired) electrons. The SMILES string of the molecule is COc1cc(C2CC(=O)C3=C(C2)NC(=O)CC3c2c(F)cccc2Cl)cc(OC)c1OC. The van der Waals surface area contributed by atoms with Crippen LogP contribution in [-0.2, 0) is 9.59 Å². The molecular weight excluding hydrogens is 437 g/mol. The van der Waals surface area contributed by atoms with Gasteiger partial charge in [0.25, 0.3) is 0 Å². The van der Waals surface area contributed by atoms with Gasteiger partial charge >= 0.3 is 0 Å². The van der Waals surface area contributed by atoms with Gasteiger partial charge in [0.2, 0.25) is 11.7 Å². The average molecular weight is 460 g/mol. The summed E-state index contributed by atoms with van der Waals surface area (Å²) >= 11 is 6.26. The normalized spacial score (nSPS) is 20.5. The highest BCUT2D eigenvalue weighted by Gasteiger charge is 2.40. The Kier molecular flexibility index (Phi) is 6.11. The van der Waals surface area contributed by atoms with Gasteiger partial charge in [-0.05, 0) is 42.2 Å². The van der Waals surface area contributed by atoms with Gasteiger partial charge in [-0.3, -0.25) is 9.59 Å². The summed E-state index contributed by atoms with van der Waals surface area (Å²) in [6.45, 7) is 0. The smallest absolute Gasteiger partial charge is 0.225 e. The van der Waals surface area contributed by atoms with E-state index < -0.39 is 11.7 Å². The van der Waals surface area contributed by atoms with Crippen molar-refractivity contribution in [2.75, 3.05) is 21.3 Å². The van der Waals surface area contributed by atoms with Crippen LogP contribution < -0.4 is 19.5 Å². The summed E-state index contributed by atoms with van der Waals surface area (Å²) in [7, 11) is 4.57. The van der Waals surface area contributed by atoms with Crippen molar-refractivity contribution in [1.82, 2.24) is 5.32 Å². The van der Waals surface area contributed by atoms with Crippen molar-refractivity contribution in [3.63, 3.8) is 0 Å².